The van der Waals surface area contributed by atoms with E-state index in [1.54, 1.807) is 18.5 Å². The molecule has 0 aliphatic rings. The molecule has 8 heteroatoms. The molecule has 0 saturated carbocycles. The molecule has 2 aromatic heterocycles. The zero-order chi connectivity index (χ0) is 18.9. The number of hydrogen-bond acceptors (Lipinski definition) is 6. The van der Waals surface area contributed by atoms with E-state index >= 15 is 0 Å². The van der Waals surface area contributed by atoms with E-state index in [4.69, 9.17) is 9.47 Å². The molecule has 1 N–H and O–H groups in total. The van der Waals surface area contributed by atoms with Crippen LogP contribution in [0.15, 0.2) is 55.0 Å². The van der Waals surface area contributed by atoms with Gasteiger partial charge in [0.05, 0.1) is 12.8 Å². The van der Waals surface area contributed by atoms with Crippen molar-refractivity contribution in [1.82, 2.24) is 19.7 Å². The second kappa shape index (κ2) is 9.33. The Hall–Kier alpha value is -3.42. The summed E-state index contributed by atoms with van der Waals surface area (Å²) in [5.41, 5.74) is 1.25. The number of ether oxygens (including phenoxy) is 2. The maximum atomic E-state index is 12.1. The highest BCUT2D eigenvalue weighted by Crippen LogP contribution is 2.22. The van der Waals surface area contributed by atoms with E-state index in [0.29, 0.717) is 18.2 Å². The quantitative estimate of drug-likeness (QED) is 0.612. The molecule has 27 heavy (non-hydrogen) atoms. The van der Waals surface area contributed by atoms with Crippen molar-refractivity contribution < 1.29 is 14.3 Å². The first-order chi connectivity index (χ1) is 13.3. The lowest BCUT2D eigenvalue weighted by atomic mass is 10.2. The van der Waals surface area contributed by atoms with Crippen LogP contribution in [0, 0.1) is 0 Å². The lowest BCUT2D eigenvalue weighted by Crippen LogP contribution is -2.16. The SMILES string of the molecule is CCCCOc1nc(-n2cccn2)ncc1NC(=O)OCc1ccccc1. The van der Waals surface area contributed by atoms with Crippen LogP contribution in [0.5, 0.6) is 5.88 Å². The molecule has 1 amide bonds. The molecule has 0 bridgehead atoms. The Labute approximate surface area is 157 Å². The van der Waals surface area contributed by atoms with Crippen LogP contribution in [0.25, 0.3) is 5.95 Å². The number of hydrogen-bond donors (Lipinski definition) is 1. The Bertz CT molecular complexity index is 853. The van der Waals surface area contributed by atoms with Gasteiger partial charge in [0.1, 0.15) is 12.3 Å². The molecule has 0 fully saturated rings. The molecule has 1 aromatic carbocycles. The number of anilines is 1. The van der Waals surface area contributed by atoms with Gasteiger partial charge in [0.2, 0.25) is 5.88 Å². The van der Waals surface area contributed by atoms with Crippen LogP contribution in [0.2, 0.25) is 0 Å². The van der Waals surface area contributed by atoms with Crippen molar-refractivity contribution in [1.29, 1.82) is 0 Å². The van der Waals surface area contributed by atoms with Crippen LogP contribution in [0.3, 0.4) is 0 Å². The fourth-order valence-electron chi connectivity index (χ4n) is 2.23. The topological polar surface area (TPSA) is 91.2 Å². The Balaban J connectivity index is 1.69. The Kier molecular flexibility index (Phi) is 6.35. The molecule has 3 aromatic rings. The first-order valence-corrected chi connectivity index (χ1v) is 8.74. The lowest BCUT2D eigenvalue weighted by molar-refractivity contribution is 0.155. The second-order valence-electron chi connectivity index (χ2n) is 5.73. The fraction of sp³-hybridized carbons (Fsp3) is 0.263. The zero-order valence-corrected chi connectivity index (χ0v) is 15.0. The second-order valence-corrected chi connectivity index (χ2v) is 5.73. The first kappa shape index (κ1) is 18.4. The van der Waals surface area contributed by atoms with Gasteiger partial charge in [0.15, 0.2) is 0 Å². The fourth-order valence-corrected chi connectivity index (χ4v) is 2.23. The number of aromatic nitrogens is 4. The van der Waals surface area contributed by atoms with Crippen LogP contribution >= 0.6 is 0 Å². The minimum Gasteiger partial charge on any atom is -0.476 e. The van der Waals surface area contributed by atoms with Crippen molar-refractivity contribution in [2.75, 3.05) is 11.9 Å². The third-order valence-electron chi connectivity index (χ3n) is 3.64. The number of amides is 1. The summed E-state index contributed by atoms with van der Waals surface area (Å²) in [5.74, 6) is 0.635. The number of rotatable bonds is 8. The van der Waals surface area contributed by atoms with Crippen LogP contribution in [0.4, 0.5) is 10.5 Å². The number of carbonyl (C=O) groups excluding carboxylic acids is 1. The van der Waals surface area contributed by atoms with Gasteiger partial charge < -0.3 is 9.47 Å². The normalized spacial score (nSPS) is 10.4. The Morgan fingerprint density at radius 2 is 2.07 bits per heavy atom. The minimum atomic E-state index is -0.602. The minimum absolute atomic E-state index is 0.172. The summed E-state index contributed by atoms with van der Waals surface area (Å²) in [6.07, 6.45) is 6.10. The molecular weight excluding hydrogens is 346 g/mol. The van der Waals surface area contributed by atoms with Gasteiger partial charge in [-0.2, -0.15) is 10.1 Å². The lowest BCUT2D eigenvalue weighted by Gasteiger charge is -2.12. The van der Waals surface area contributed by atoms with E-state index in [9.17, 15) is 4.79 Å². The van der Waals surface area contributed by atoms with Crippen molar-refractivity contribution in [2.45, 2.75) is 26.4 Å². The predicted molar refractivity (Wildman–Crippen MR) is 99.8 cm³/mol. The standard InChI is InChI=1S/C19H21N5O3/c1-2-3-12-26-17-16(13-20-18(23-17)24-11-7-10-21-24)22-19(25)27-14-15-8-5-4-6-9-15/h4-11,13H,2-3,12,14H2,1H3,(H,22,25). The highest BCUT2D eigenvalue weighted by molar-refractivity contribution is 5.85. The van der Waals surface area contributed by atoms with Crippen LogP contribution < -0.4 is 10.1 Å². The molecule has 0 atom stereocenters. The van der Waals surface area contributed by atoms with Crippen molar-refractivity contribution in [3.8, 4) is 11.8 Å². The van der Waals surface area contributed by atoms with Gasteiger partial charge >= 0.3 is 6.09 Å². The van der Waals surface area contributed by atoms with E-state index < -0.39 is 6.09 Å². The molecule has 140 valence electrons. The monoisotopic (exact) mass is 367 g/mol. The van der Waals surface area contributed by atoms with Crippen molar-refractivity contribution in [3.05, 3.63) is 60.6 Å². The largest absolute Gasteiger partial charge is 0.476 e. The predicted octanol–water partition coefficient (Wildman–Crippen LogP) is 3.59. The van der Waals surface area contributed by atoms with E-state index in [-0.39, 0.29) is 12.5 Å². The molecule has 0 radical (unpaired) electrons. The highest BCUT2D eigenvalue weighted by Gasteiger charge is 2.14. The van der Waals surface area contributed by atoms with Crippen molar-refractivity contribution in [3.63, 3.8) is 0 Å². The molecule has 0 aliphatic carbocycles. The maximum Gasteiger partial charge on any atom is 0.412 e. The summed E-state index contributed by atoms with van der Waals surface area (Å²) in [7, 11) is 0. The van der Waals surface area contributed by atoms with Gasteiger partial charge in [-0.15, -0.1) is 0 Å². The Morgan fingerprint density at radius 3 is 2.81 bits per heavy atom. The summed E-state index contributed by atoms with van der Waals surface area (Å²) in [5, 5.41) is 6.74. The summed E-state index contributed by atoms with van der Waals surface area (Å²) in [4.78, 5) is 20.7. The van der Waals surface area contributed by atoms with Crippen LogP contribution in [0.1, 0.15) is 25.3 Å². The van der Waals surface area contributed by atoms with Gasteiger partial charge in [-0.3, -0.25) is 5.32 Å². The molecular formula is C19H21N5O3. The molecule has 0 unspecified atom stereocenters. The number of nitrogens with zero attached hydrogens (tertiary/aromatic N) is 4. The molecule has 3 rings (SSSR count). The zero-order valence-electron chi connectivity index (χ0n) is 15.0. The first-order valence-electron chi connectivity index (χ1n) is 8.74. The number of carbonyl (C=O) groups is 1. The summed E-state index contributed by atoms with van der Waals surface area (Å²) in [6, 6.07) is 11.2. The molecule has 0 saturated heterocycles. The van der Waals surface area contributed by atoms with E-state index in [2.05, 4.69) is 27.3 Å². The average Bonchev–Trinajstić information content (AvgIpc) is 3.23. The van der Waals surface area contributed by atoms with E-state index in [1.165, 1.54) is 10.9 Å². The molecule has 8 nitrogen and oxygen atoms in total. The summed E-state index contributed by atoms with van der Waals surface area (Å²) in [6.45, 7) is 2.73. The van der Waals surface area contributed by atoms with Gasteiger partial charge in [0.25, 0.3) is 5.95 Å². The molecule has 0 aliphatic heterocycles. The third-order valence-corrected chi connectivity index (χ3v) is 3.64. The smallest absolute Gasteiger partial charge is 0.412 e. The third kappa shape index (κ3) is 5.27. The van der Waals surface area contributed by atoms with E-state index in [1.807, 2.05) is 30.3 Å². The summed E-state index contributed by atoms with van der Waals surface area (Å²) >= 11 is 0. The van der Waals surface area contributed by atoms with Crippen LogP contribution in [-0.4, -0.2) is 32.4 Å². The van der Waals surface area contributed by atoms with Gasteiger partial charge in [-0.1, -0.05) is 43.7 Å². The van der Waals surface area contributed by atoms with E-state index in [0.717, 1.165) is 18.4 Å². The number of benzene rings is 1. The van der Waals surface area contributed by atoms with Crippen molar-refractivity contribution >= 4 is 11.8 Å². The number of nitrogens with one attached hydrogen (secondary N) is 1. The summed E-state index contributed by atoms with van der Waals surface area (Å²) < 4.78 is 12.5. The number of unbranched alkanes of at least 4 members (excludes halogenated alkanes) is 1. The molecule has 2 heterocycles. The average molecular weight is 367 g/mol. The molecule has 0 spiro atoms. The Morgan fingerprint density at radius 1 is 1.22 bits per heavy atom. The van der Waals surface area contributed by atoms with Gasteiger partial charge in [-0.25, -0.2) is 14.5 Å². The maximum absolute atomic E-state index is 12.1. The van der Waals surface area contributed by atoms with Crippen molar-refractivity contribution in [2.24, 2.45) is 0 Å². The van der Waals surface area contributed by atoms with Gasteiger partial charge in [-0.05, 0) is 18.1 Å². The van der Waals surface area contributed by atoms with Gasteiger partial charge in [0, 0.05) is 12.4 Å². The van der Waals surface area contributed by atoms with Crippen LogP contribution in [-0.2, 0) is 11.3 Å². The highest BCUT2D eigenvalue weighted by atomic mass is 16.5.